The smallest absolute Gasteiger partial charge is 0.151 e. The number of anilines is 1. The van der Waals surface area contributed by atoms with Gasteiger partial charge in [0.1, 0.15) is 0 Å². The van der Waals surface area contributed by atoms with Crippen molar-refractivity contribution in [2.24, 2.45) is 0 Å². The molecule has 3 heteroatoms. The topological polar surface area (TPSA) is 29.9 Å². The van der Waals surface area contributed by atoms with E-state index >= 15 is 0 Å². The standard InChI is InChI=1S/C16H21N3/c1-11-8-12(2)15(13(3)9-11)19-10-14-6-4-5-7-17-16(14)18-19/h8-10H,4-7H2,1-3H3,(H,17,18). The third-order valence-electron chi connectivity index (χ3n) is 3.82. The van der Waals surface area contributed by atoms with Gasteiger partial charge in [0.15, 0.2) is 5.82 Å². The molecule has 100 valence electrons. The van der Waals surface area contributed by atoms with Gasteiger partial charge in [0.2, 0.25) is 0 Å². The van der Waals surface area contributed by atoms with Gasteiger partial charge in [0, 0.05) is 18.3 Å². The molecule has 1 aliphatic rings. The Hall–Kier alpha value is -1.77. The van der Waals surface area contributed by atoms with E-state index < -0.39 is 0 Å². The predicted octanol–water partition coefficient (Wildman–Crippen LogP) is 3.55. The molecule has 1 aromatic heterocycles. The number of hydrogen-bond donors (Lipinski definition) is 1. The Bertz CT molecular complexity index is 564. The van der Waals surface area contributed by atoms with Gasteiger partial charge >= 0.3 is 0 Å². The Labute approximate surface area is 114 Å². The van der Waals surface area contributed by atoms with Crippen LogP contribution in [0.25, 0.3) is 5.69 Å². The molecule has 0 radical (unpaired) electrons. The van der Waals surface area contributed by atoms with Gasteiger partial charge < -0.3 is 5.32 Å². The van der Waals surface area contributed by atoms with E-state index in [2.05, 4.69) is 44.4 Å². The molecular weight excluding hydrogens is 234 g/mol. The first-order valence-electron chi connectivity index (χ1n) is 7.06. The molecule has 0 spiro atoms. The summed E-state index contributed by atoms with van der Waals surface area (Å²) >= 11 is 0. The van der Waals surface area contributed by atoms with E-state index in [0.29, 0.717) is 0 Å². The average Bonchev–Trinajstić information content (AvgIpc) is 2.58. The van der Waals surface area contributed by atoms with E-state index in [-0.39, 0.29) is 0 Å². The lowest BCUT2D eigenvalue weighted by Crippen LogP contribution is -2.04. The van der Waals surface area contributed by atoms with Gasteiger partial charge in [-0.1, -0.05) is 17.7 Å². The molecule has 19 heavy (non-hydrogen) atoms. The average molecular weight is 255 g/mol. The lowest BCUT2D eigenvalue weighted by Gasteiger charge is -2.11. The molecule has 3 nitrogen and oxygen atoms in total. The Kier molecular flexibility index (Phi) is 3.05. The van der Waals surface area contributed by atoms with E-state index in [4.69, 9.17) is 5.10 Å². The Morgan fingerprint density at radius 1 is 1.11 bits per heavy atom. The summed E-state index contributed by atoms with van der Waals surface area (Å²) in [5, 5.41) is 8.17. The summed E-state index contributed by atoms with van der Waals surface area (Å²) in [6.45, 7) is 7.50. The van der Waals surface area contributed by atoms with E-state index in [1.54, 1.807) is 0 Å². The van der Waals surface area contributed by atoms with Crippen molar-refractivity contribution in [1.29, 1.82) is 0 Å². The summed E-state index contributed by atoms with van der Waals surface area (Å²) < 4.78 is 2.05. The van der Waals surface area contributed by atoms with Crippen molar-refractivity contribution in [2.45, 2.75) is 40.0 Å². The number of hydrogen-bond acceptors (Lipinski definition) is 2. The molecule has 0 saturated carbocycles. The van der Waals surface area contributed by atoms with Crippen molar-refractivity contribution in [3.8, 4) is 5.69 Å². The largest absolute Gasteiger partial charge is 0.368 e. The van der Waals surface area contributed by atoms with E-state index in [1.165, 1.54) is 40.8 Å². The zero-order chi connectivity index (χ0) is 13.4. The van der Waals surface area contributed by atoms with Crippen LogP contribution < -0.4 is 5.32 Å². The van der Waals surface area contributed by atoms with Crippen molar-refractivity contribution >= 4 is 5.82 Å². The number of aromatic nitrogens is 2. The first kappa shape index (κ1) is 12.3. The molecule has 0 fully saturated rings. The van der Waals surface area contributed by atoms with Crippen molar-refractivity contribution < 1.29 is 0 Å². The van der Waals surface area contributed by atoms with E-state index in [9.17, 15) is 0 Å². The van der Waals surface area contributed by atoms with Crippen LogP contribution in [0.3, 0.4) is 0 Å². The summed E-state index contributed by atoms with van der Waals surface area (Å²) in [5.41, 5.74) is 6.45. The maximum atomic E-state index is 4.74. The molecule has 2 heterocycles. The zero-order valence-electron chi connectivity index (χ0n) is 12.0. The molecule has 0 unspecified atom stereocenters. The highest BCUT2D eigenvalue weighted by Crippen LogP contribution is 2.25. The number of nitrogens with zero attached hydrogens (tertiary/aromatic N) is 2. The number of fused-ring (bicyclic) bond motifs is 1. The summed E-state index contributed by atoms with van der Waals surface area (Å²) in [6.07, 6.45) is 5.81. The summed E-state index contributed by atoms with van der Waals surface area (Å²) in [7, 11) is 0. The van der Waals surface area contributed by atoms with Crippen LogP contribution in [0.1, 0.15) is 35.1 Å². The quantitative estimate of drug-likeness (QED) is 0.844. The van der Waals surface area contributed by atoms with Gasteiger partial charge in [-0.25, -0.2) is 4.68 Å². The number of aryl methyl sites for hydroxylation is 4. The molecule has 0 aliphatic carbocycles. The van der Waals surface area contributed by atoms with Gasteiger partial charge in [-0.05, 0) is 51.2 Å². The maximum Gasteiger partial charge on any atom is 0.151 e. The summed E-state index contributed by atoms with van der Waals surface area (Å²) in [4.78, 5) is 0. The first-order chi connectivity index (χ1) is 9.15. The highest BCUT2D eigenvalue weighted by Gasteiger charge is 2.14. The fourth-order valence-electron chi connectivity index (χ4n) is 3.04. The summed E-state index contributed by atoms with van der Waals surface area (Å²) in [5.74, 6) is 1.07. The lowest BCUT2D eigenvalue weighted by atomic mass is 10.1. The Balaban J connectivity index is 2.08. The van der Waals surface area contributed by atoms with Gasteiger partial charge in [-0.15, -0.1) is 0 Å². The Morgan fingerprint density at radius 2 is 1.84 bits per heavy atom. The molecule has 1 aliphatic heterocycles. The van der Waals surface area contributed by atoms with Gasteiger partial charge in [-0.2, -0.15) is 5.10 Å². The van der Waals surface area contributed by atoms with Crippen LogP contribution in [0.4, 0.5) is 5.82 Å². The number of benzene rings is 1. The predicted molar refractivity (Wildman–Crippen MR) is 79.2 cm³/mol. The number of nitrogens with one attached hydrogen (secondary N) is 1. The van der Waals surface area contributed by atoms with Crippen LogP contribution in [0.5, 0.6) is 0 Å². The molecule has 2 aromatic rings. The molecule has 1 N–H and O–H groups in total. The van der Waals surface area contributed by atoms with Gasteiger partial charge in [0.05, 0.1) is 5.69 Å². The maximum absolute atomic E-state index is 4.74. The zero-order valence-corrected chi connectivity index (χ0v) is 12.0. The van der Waals surface area contributed by atoms with Gasteiger partial charge in [0.25, 0.3) is 0 Å². The Morgan fingerprint density at radius 3 is 2.58 bits per heavy atom. The van der Waals surface area contributed by atoms with Crippen LogP contribution in [0.2, 0.25) is 0 Å². The first-order valence-corrected chi connectivity index (χ1v) is 7.06. The van der Waals surface area contributed by atoms with Gasteiger partial charge in [-0.3, -0.25) is 0 Å². The molecule has 0 atom stereocenters. The highest BCUT2D eigenvalue weighted by molar-refractivity contribution is 5.52. The minimum atomic E-state index is 1.04. The van der Waals surface area contributed by atoms with Crippen molar-refractivity contribution in [3.05, 3.63) is 40.6 Å². The normalized spacial score (nSPS) is 14.7. The van der Waals surface area contributed by atoms with Crippen LogP contribution in [-0.2, 0) is 6.42 Å². The lowest BCUT2D eigenvalue weighted by molar-refractivity contribution is 0.774. The SMILES string of the molecule is Cc1cc(C)c(-n2cc3c(n2)NCCCC3)c(C)c1. The monoisotopic (exact) mass is 255 g/mol. The minimum Gasteiger partial charge on any atom is -0.368 e. The van der Waals surface area contributed by atoms with E-state index in [1.807, 2.05) is 4.68 Å². The van der Waals surface area contributed by atoms with Crippen LogP contribution in [0.15, 0.2) is 18.3 Å². The highest BCUT2D eigenvalue weighted by atomic mass is 15.3. The molecule has 1 aromatic carbocycles. The molecule has 0 saturated heterocycles. The molecular formula is C16H21N3. The fourth-order valence-corrected chi connectivity index (χ4v) is 3.04. The van der Waals surface area contributed by atoms with Crippen LogP contribution >= 0.6 is 0 Å². The van der Waals surface area contributed by atoms with Crippen LogP contribution in [-0.4, -0.2) is 16.3 Å². The van der Waals surface area contributed by atoms with Crippen molar-refractivity contribution in [2.75, 3.05) is 11.9 Å². The summed E-state index contributed by atoms with van der Waals surface area (Å²) in [6, 6.07) is 4.45. The molecule has 0 amide bonds. The van der Waals surface area contributed by atoms with E-state index in [0.717, 1.165) is 18.8 Å². The molecule has 3 rings (SSSR count). The second-order valence-corrected chi connectivity index (χ2v) is 5.58. The second-order valence-electron chi connectivity index (χ2n) is 5.58. The fraction of sp³-hybridized carbons (Fsp3) is 0.438. The number of rotatable bonds is 1. The van der Waals surface area contributed by atoms with Crippen LogP contribution in [0, 0.1) is 20.8 Å². The minimum absolute atomic E-state index is 1.04. The molecule has 0 bridgehead atoms. The van der Waals surface area contributed by atoms with Crippen molar-refractivity contribution in [3.63, 3.8) is 0 Å². The third-order valence-corrected chi connectivity index (χ3v) is 3.82. The second kappa shape index (κ2) is 4.72. The third kappa shape index (κ3) is 2.25. The van der Waals surface area contributed by atoms with Crippen molar-refractivity contribution in [1.82, 2.24) is 9.78 Å².